The second-order valence-electron chi connectivity index (χ2n) is 3.54. The number of halogens is 2. The summed E-state index contributed by atoms with van der Waals surface area (Å²) in [4.78, 5) is 4.74. The van der Waals surface area contributed by atoms with E-state index >= 15 is 0 Å². The van der Waals surface area contributed by atoms with Gasteiger partial charge in [0, 0.05) is 12.0 Å². The van der Waals surface area contributed by atoms with Crippen molar-refractivity contribution in [2.24, 2.45) is 0 Å². The molecule has 3 aromatic heterocycles. The lowest BCUT2D eigenvalue weighted by Crippen LogP contribution is -1.93. The molecule has 0 N–H and O–H groups in total. The fourth-order valence-corrected chi connectivity index (χ4v) is 2.93. The molecule has 0 saturated heterocycles. The van der Waals surface area contributed by atoms with Gasteiger partial charge in [0.15, 0.2) is 10.8 Å². The summed E-state index contributed by atoms with van der Waals surface area (Å²) >= 11 is 13.2. The number of hydrogen-bond donors (Lipinski definition) is 0. The van der Waals surface area contributed by atoms with E-state index in [0.717, 1.165) is 27.8 Å². The Morgan fingerprint density at radius 3 is 2.83 bits per heavy atom. The van der Waals surface area contributed by atoms with E-state index in [2.05, 4.69) is 20.3 Å². The average Bonchev–Trinajstić information content (AvgIpc) is 2.88. The van der Waals surface area contributed by atoms with Gasteiger partial charge in [-0.3, -0.25) is 0 Å². The zero-order valence-electron chi connectivity index (χ0n) is 9.26. The van der Waals surface area contributed by atoms with Gasteiger partial charge in [0.05, 0.1) is 0 Å². The first-order valence-corrected chi connectivity index (χ1v) is 6.80. The van der Waals surface area contributed by atoms with E-state index in [1.807, 2.05) is 6.92 Å². The van der Waals surface area contributed by atoms with Crippen LogP contribution in [0.3, 0.4) is 0 Å². The molecule has 0 aliphatic rings. The molecule has 18 heavy (non-hydrogen) atoms. The van der Waals surface area contributed by atoms with E-state index in [1.54, 1.807) is 16.6 Å². The van der Waals surface area contributed by atoms with Crippen molar-refractivity contribution in [1.29, 1.82) is 0 Å². The molecule has 0 fully saturated rings. The molecule has 8 heteroatoms. The molecular weight excluding hydrogens is 293 g/mol. The van der Waals surface area contributed by atoms with Crippen molar-refractivity contribution >= 4 is 39.5 Å². The fraction of sp³-hybridized carbons (Fsp3) is 0.200. The minimum absolute atomic E-state index is 0.338. The molecule has 0 atom stereocenters. The Morgan fingerprint density at radius 1 is 1.28 bits per heavy atom. The molecule has 3 heterocycles. The Hall–Kier alpha value is -1.24. The maximum atomic E-state index is 6.06. The monoisotopic (exact) mass is 299 g/mol. The summed E-state index contributed by atoms with van der Waals surface area (Å²) in [5.74, 6) is 0.825. The van der Waals surface area contributed by atoms with E-state index in [4.69, 9.17) is 23.2 Å². The van der Waals surface area contributed by atoms with Gasteiger partial charge < -0.3 is 0 Å². The Labute approximate surface area is 116 Å². The lowest BCUT2D eigenvalue weighted by Gasteiger charge is -1.98. The zero-order chi connectivity index (χ0) is 12.7. The van der Waals surface area contributed by atoms with Crippen molar-refractivity contribution in [1.82, 2.24) is 24.8 Å². The predicted octanol–water partition coefficient (Wildman–Crippen LogP) is 3.12. The van der Waals surface area contributed by atoms with E-state index < -0.39 is 0 Å². The van der Waals surface area contributed by atoms with Crippen LogP contribution in [0.1, 0.15) is 12.7 Å². The number of nitrogens with zero attached hydrogens (tertiary/aromatic N) is 5. The highest BCUT2D eigenvalue weighted by molar-refractivity contribution is 7.19. The Balaban J connectivity index is 2.16. The lowest BCUT2D eigenvalue weighted by atomic mass is 10.3. The molecule has 92 valence electrons. The standard InChI is InChI=1S/C10H7Cl2N5S/c1-2-7-14-15-10-17(7)16-9(18-10)5-3-4-6(11)13-8(5)12/h3-4H,2H2,1H3. The molecular formula is C10H7Cl2N5S. The van der Waals surface area contributed by atoms with E-state index in [0.29, 0.717) is 10.3 Å². The van der Waals surface area contributed by atoms with Crippen LogP contribution in [-0.4, -0.2) is 24.8 Å². The van der Waals surface area contributed by atoms with Crippen LogP contribution in [0.4, 0.5) is 0 Å². The van der Waals surface area contributed by atoms with Gasteiger partial charge in [-0.25, -0.2) is 4.98 Å². The van der Waals surface area contributed by atoms with Gasteiger partial charge in [-0.1, -0.05) is 41.5 Å². The van der Waals surface area contributed by atoms with Crippen LogP contribution in [0.15, 0.2) is 12.1 Å². The van der Waals surface area contributed by atoms with Gasteiger partial charge in [-0.15, -0.1) is 10.2 Å². The molecule has 0 bridgehead atoms. The SMILES string of the molecule is CCc1nnc2sc(-c3ccc(Cl)nc3Cl)nn12. The third-order valence-corrected chi connectivity index (χ3v) is 3.85. The second-order valence-corrected chi connectivity index (χ2v) is 5.24. The van der Waals surface area contributed by atoms with Crippen molar-refractivity contribution in [2.75, 3.05) is 0 Å². The first kappa shape index (κ1) is 11.8. The number of aromatic nitrogens is 5. The van der Waals surface area contributed by atoms with Crippen LogP contribution in [-0.2, 0) is 6.42 Å². The largest absolute Gasteiger partial charge is 0.234 e. The summed E-state index contributed by atoms with van der Waals surface area (Å²) in [6.07, 6.45) is 0.775. The summed E-state index contributed by atoms with van der Waals surface area (Å²) < 4.78 is 1.73. The van der Waals surface area contributed by atoms with Crippen molar-refractivity contribution < 1.29 is 0 Å². The number of aryl methyl sites for hydroxylation is 1. The number of hydrogen-bond acceptors (Lipinski definition) is 5. The van der Waals surface area contributed by atoms with E-state index in [1.165, 1.54) is 11.3 Å². The number of fused-ring (bicyclic) bond motifs is 1. The molecule has 0 saturated carbocycles. The predicted molar refractivity (Wildman–Crippen MR) is 71.3 cm³/mol. The molecule has 0 amide bonds. The molecule has 5 nitrogen and oxygen atoms in total. The fourth-order valence-electron chi connectivity index (χ4n) is 1.56. The molecule has 3 rings (SSSR count). The third-order valence-electron chi connectivity index (χ3n) is 2.42. The molecule has 0 aliphatic carbocycles. The molecule has 0 unspecified atom stereocenters. The molecule has 0 radical (unpaired) electrons. The maximum Gasteiger partial charge on any atom is 0.234 e. The number of pyridine rings is 1. The highest BCUT2D eigenvalue weighted by Crippen LogP contribution is 2.31. The van der Waals surface area contributed by atoms with Gasteiger partial charge in [0.1, 0.15) is 10.3 Å². The second kappa shape index (κ2) is 4.46. The maximum absolute atomic E-state index is 6.06. The third kappa shape index (κ3) is 1.86. The summed E-state index contributed by atoms with van der Waals surface area (Å²) in [7, 11) is 0. The Morgan fingerprint density at radius 2 is 2.11 bits per heavy atom. The molecule has 0 aliphatic heterocycles. The lowest BCUT2D eigenvalue weighted by molar-refractivity contribution is 0.837. The zero-order valence-corrected chi connectivity index (χ0v) is 11.6. The van der Waals surface area contributed by atoms with Crippen molar-refractivity contribution in [2.45, 2.75) is 13.3 Å². The summed E-state index contributed by atoms with van der Waals surface area (Å²) in [5.41, 5.74) is 0.749. The summed E-state index contributed by atoms with van der Waals surface area (Å²) in [6, 6.07) is 3.49. The van der Waals surface area contributed by atoms with Crippen LogP contribution in [0.5, 0.6) is 0 Å². The van der Waals surface area contributed by atoms with Crippen LogP contribution in [0.25, 0.3) is 15.5 Å². The van der Waals surface area contributed by atoms with Gasteiger partial charge in [0.25, 0.3) is 0 Å². The topological polar surface area (TPSA) is 56.0 Å². The quantitative estimate of drug-likeness (QED) is 0.682. The van der Waals surface area contributed by atoms with Gasteiger partial charge in [-0.05, 0) is 12.1 Å². The minimum atomic E-state index is 0.338. The Kier molecular flexibility index (Phi) is 2.93. The number of rotatable bonds is 2. The highest BCUT2D eigenvalue weighted by Gasteiger charge is 2.14. The normalized spacial score (nSPS) is 11.3. The van der Waals surface area contributed by atoms with Crippen LogP contribution < -0.4 is 0 Å². The van der Waals surface area contributed by atoms with E-state index in [9.17, 15) is 0 Å². The molecule has 0 spiro atoms. The minimum Gasteiger partial charge on any atom is -0.224 e. The summed E-state index contributed by atoms with van der Waals surface area (Å²) in [5, 5.41) is 14.0. The van der Waals surface area contributed by atoms with Crippen molar-refractivity contribution in [3.05, 3.63) is 28.3 Å². The average molecular weight is 300 g/mol. The van der Waals surface area contributed by atoms with E-state index in [-0.39, 0.29) is 0 Å². The molecule has 3 aromatic rings. The van der Waals surface area contributed by atoms with Crippen molar-refractivity contribution in [3.8, 4) is 10.6 Å². The van der Waals surface area contributed by atoms with Crippen molar-refractivity contribution in [3.63, 3.8) is 0 Å². The van der Waals surface area contributed by atoms with Crippen LogP contribution >= 0.6 is 34.5 Å². The molecule has 0 aromatic carbocycles. The Bertz CT molecular complexity index is 720. The highest BCUT2D eigenvalue weighted by atomic mass is 35.5. The summed E-state index contributed by atoms with van der Waals surface area (Å²) in [6.45, 7) is 2.01. The van der Waals surface area contributed by atoms with Crippen LogP contribution in [0, 0.1) is 0 Å². The van der Waals surface area contributed by atoms with Gasteiger partial charge in [0.2, 0.25) is 4.96 Å². The smallest absolute Gasteiger partial charge is 0.224 e. The first-order chi connectivity index (χ1) is 8.69. The first-order valence-electron chi connectivity index (χ1n) is 5.22. The van der Waals surface area contributed by atoms with Crippen LogP contribution in [0.2, 0.25) is 10.3 Å². The van der Waals surface area contributed by atoms with Gasteiger partial charge >= 0.3 is 0 Å². The van der Waals surface area contributed by atoms with Gasteiger partial charge in [-0.2, -0.15) is 9.61 Å².